The molecule has 0 aliphatic rings. The Morgan fingerprint density at radius 1 is 0.432 bits per heavy atom. The molecular weight excluding hydrogens is 541 g/mol. The summed E-state index contributed by atoms with van der Waals surface area (Å²) in [5, 5.41) is 21.5. The first-order valence-corrected chi connectivity index (χ1v) is 19.0. The van der Waals surface area contributed by atoms with Crippen molar-refractivity contribution in [3.05, 3.63) is 0 Å². The predicted octanol–water partition coefficient (Wildman–Crippen LogP) is 8.17. The van der Waals surface area contributed by atoms with Crippen molar-refractivity contribution < 1.29 is 38.7 Å². The van der Waals surface area contributed by atoms with Crippen molar-refractivity contribution in [3.8, 4) is 0 Å². The third kappa shape index (κ3) is 60.7. The van der Waals surface area contributed by atoms with Crippen LogP contribution in [-0.4, -0.2) is 31.1 Å². The fourth-order valence-electron chi connectivity index (χ4n) is 5.29. The zero-order chi connectivity index (χ0) is 32.5. The Morgan fingerprint density at radius 3 is 0.795 bits per heavy atom. The van der Waals surface area contributed by atoms with E-state index in [4.69, 9.17) is 5.11 Å². The van der Waals surface area contributed by atoms with Crippen LogP contribution in [0.5, 0.6) is 0 Å². The number of hydrogen-bond donors (Lipinski definition) is 2. The first-order valence-electron chi connectivity index (χ1n) is 19.0. The molecule has 0 unspecified atom stereocenters. The molecule has 0 aliphatic heterocycles. The Kier molecular flexibility index (Phi) is 56.5. The number of carbonyl (C=O) groups excluding carboxylic acids is 1. The Labute approximate surface area is 288 Å². The zero-order valence-electron chi connectivity index (χ0n) is 30.8. The van der Waals surface area contributed by atoms with Crippen LogP contribution in [-0.2, 0) is 9.59 Å². The quantitative estimate of drug-likeness (QED) is 0.0586. The predicted molar refractivity (Wildman–Crippen MR) is 187 cm³/mol. The summed E-state index contributed by atoms with van der Waals surface area (Å²) < 4.78 is 0. The molecule has 5 nitrogen and oxygen atoms in total. The molecule has 0 aromatic rings. The van der Waals surface area contributed by atoms with Gasteiger partial charge in [-0.3, -0.25) is 4.79 Å². The summed E-state index contributed by atoms with van der Waals surface area (Å²) in [5.74, 6) is -1.56. The summed E-state index contributed by atoms with van der Waals surface area (Å²) in [7, 11) is 3.75. The van der Waals surface area contributed by atoms with Crippen LogP contribution in [0.25, 0.3) is 0 Å². The van der Waals surface area contributed by atoms with Crippen molar-refractivity contribution in [2.24, 2.45) is 0 Å². The van der Waals surface area contributed by atoms with Crippen molar-refractivity contribution >= 4 is 11.9 Å². The number of rotatable bonds is 32. The second-order valence-corrected chi connectivity index (χ2v) is 12.7. The van der Waals surface area contributed by atoms with Crippen LogP contribution < -0.4 is 29.3 Å². The van der Waals surface area contributed by atoms with Gasteiger partial charge in [0, 0.05) is 12.4 Å². The maximum absolute atomic E-state index is 10.3. The Bertz CT molecular complexity index is 475. The molecule has 0 spiro atoms. The smallest absolute Gasteiger partial charge is 0.550 e. The fourth-order valence-corrected chi connectivity index (χ4v) is 5.29. The average Bonchev–Trinajstić information content (AvgIpc) is 2.97. The van der Waals surface area contributed by atoms with E-state index in [1.807, 2.05) is 14.1 Å². The van der Waals surface area contributed by atoms with Crippen LogP contribution in [0.1, 0.15) is 219 Å². The van der Waals surface area contributed by atoms with Crippen molar-refractivity contribution in [2.45, 2.75) is 219 Å². The molecule has 0 saturated carbocycles. The minimum Gasteiger partial charge on any atom is -0.550 e. The summed E-state index contributed by atoms with van der Waals surface area (Å²) in [6.07, 6.45) is 40.1. The van der Waals surface area contributed by atoms with Gasteiger partial charge >= 0.3 is 24.8 Å². The van der Waals surface area contributed by atoms with Gasteiger partial charge in [-0.25, -0.2) is 0 Å². The Hall–Kier alpha value is -0.503. The third-order valence-electron chi connectivity index (χ3n) is 7.98. The van der Waals surface area contributed by atoms with E-state index in [2.05, 4.69) is 19.2 Å². The SMILES string of the molecule is CCCCCCCCCCCCCCCCCC(=O)O.CCCCCCCCCCCCCCCCCC(=O)[O-].CNC.[Li+]. The summed E-state index contributed by atoms with van der Waals surface area (Å²) >= 11 is 0. The number of carboxylic acid groups (broad SMARTS) is 2. The molecule has 44 heavy (non-hydrogen) atoms. The average molecular weight is 620 g/mol. The number of aliphatic carboxylic acids is 2. The van der Waals surface area contributed by atoms with Gasteiger partial charge in [0.1, 0.15) is 0 Å². The van der Waals surface area contributed by atoms with E-state index in [9.17, 15) is 14.7 Å². The van der Waals surface area contributed by atoms with E-state index >= 15 is 0 Å². The van der Waals surface area contributed by atoms with Crippen LogP contribution in [0.15, 0.2) is 0 Å². The van der Waals surface area contributed by atoms with E-state index in [-0.39, 0.29) is 25.3 Å². The molecule has 0 fully saturated rings. The maximum Gasteiger partial charge on any atom is 1.00 e. The Balaban J connectivity index is -0.000000326. The molecule has 0 rings (SSSR count). The fraction of sp³-hybridized carbons (Fsp3) is 0.947. The zero-order valence-corrected chi connectivity index (χ0v) is 30.8. The number of hydrogen-bond acceptors (Lipinski definition) is 4. The van der Waals surface area contributed by atoms with E-state index in [1.54, 1.807) is 0 Å². The molecule has 0 aromatic carbocycles. The first-order chi connectivity index (χ1) is 21.0. The minimum atomic E-state index is -0.903. The largest absolute Gasteiger partial charge is 1.00 e. The van der Waals surface area contributed by atoms with Gasteiger partial charge in [0.15, 0.2) is 0 Å². The van der Waals surface area contributed by atoms with Crippen LogP contribution in [0.2, 0.25) is 0 Å². The second kappa shape index (κ2) is 49.4. The molecule has 0 saturated heterocycles. The molecular formula is C38H78LiNO4. The summed E-state index contributed by atoms with van der Waals surface area (Å²) in [4.78, 5) is 20.6. The van der Waals surface area contributed by atoms with Gasteiger partial charge in [-0.15, -0.1) is 0 Å². The van der Waals surface area contributed by atoms with E-state index in [0.717, 1.165) is 25.7 Å². The molecule has 0 atom stereocenters. The van der Waals surface area contributed by atoms with Crippen LogP contribution in [0.3, 0.4) is 0 Å². The second-order valence-electron chi connectivity index (χ2n) is 12.7. The van der Waals surface area contributed by atoms with Gasteiger partial charge in [-0.05, 0) is 33.4 Å². The van der Waals surface area contributed by atoms with Crippen molar-refractivity contribution in [3.63, 3.8) is 0 Å². The molecule has 2 N–H and O–H groups in total. The normalized spacial score (nSPS) is 10.3. The van der Waals surface area contributed by atoms with Crippen LogP contribution >= 0.6 is 0 Å². The molecule has 0 aromatic heterocycles. The van der Waals surface area contributed by atoms with Crippen molar-refractivity contribution in [2.75, 3.05) is 14.1 Å². The van der Waals surface area contributed by atoms with Gasteiger partial charge in [0.2, 0.25) is 0 Å². The molecule has 0 aliphatic carbocycles. The van der Waals surface area contributed by atoms with Gasteiger partial charge in [-0.2, -0.15) is 0 Å². The summed E-state index contributed by atoms with van der Waals surface area (Å²) in [6.45, 7) is 4.54. The van der Waals surface area contributed by atoms with E-state index in [1.165, 1.54) is 167 Å². The van der Waals surface area contributed by atoms with Crippen LogP contribution in [0.4, 0.5) is 0 Å². The van der Waals surface area contributed by atoms with Gasteiger partial charge < -0.3 is 20.3 Å². The molecule has 6 heteroatoms. The number of carboxylic acids is 2. The molecule has 0 bridgehead atoms. The molecule has 0 heterocycles. The first kappa shape index (κ1) is 50.4. The van der Waals surface area contributed by atoms with E-state index in [0.29, 0.717) is 6.42 Å². The molecule has 0 amide bonds. The number of carbonyl (C=O) groups is 2. The van der Waals surface area contributed by atoms with Gasteiger partial charge in [0.25, 0.3) is 0 Å². The monoisotopic (exact) mass is 620 g/mol. The number of unbranched alkanes of at least 4 members (excludes halogenated alkanes) is 28. The van der Waals surface area contributed by atoms with Gasteiger partial charge in [-0.1, -0.05) is 194 Å². The van der Waals surface area contributed by atoms with Crippen LogP contribution in [0, 0.1) is 0 Å². The number of nitrogens with one attached hydrogen (secondary N) is 1. The summed E-state index contributed by atoms with van der Waals surface area (Å²) in [5.41, 5.74) is 0. The van der Waals surface area contributed by atoms with Gasteiger partial charge in [0.05, 0.1) is 0 Å². The standard InChI is InChI=1S/2C18H36O2.C2H7N.Li/c2*1-2-3-4-5-6-7-8-9-10-11-12-13-14-15-16-17-18(19)20;1-3-2;/h2*2-17H2,1H3,(H,19,20);3H,1-2H3;/q;;;+1/p-1. The van der Waals surface area contributed by atoms with Crippen molar-refractivity contribution in [1.82, 2.24) is 5.32 Å². The molecule has 260 valence electrons. The molecule has 0 radical (unpaired) electrons. The summed E-state index contributed by atoms with van der Waals surface area (Å²) in [6, 6.07) is 0. The third-order valence-corrected chi connectivity index (χ3v) is 7.98. The van der Waals surface area contributed by atoms with Crippen molar-refractivity contribution in [1.29, 1.82) is 0 Å². The maximum atomic E-state index is 10.3. The van der Waals surface area contributed by atoms with E-state index < -0.39 is 11.9 Å². The minimum absolute atomic E-state index is 0. The topological polar surface area (TPSA) is 89.5 Å². The Morgan fingerprint density at radius 2 is 0.614 bits per heavy atom.